The van der Waals surface area contributed by atoms with Gasteiger partial charge in [0, 0.05) is 31.9 Å². The molecule has 0 saturated heterocycles. The van der Waals surface area contributed by atoms with Crippen LogP contribution in [0.15, 0.2) is 6.20 Å². The number of nitrogens with zero attached hydrogens (tertiary/aromatic N) is 3. The molecule has 0 saturated carbocycles. The molecule has 1 atom stereocenters. The largest absolute Gasteiger partial charge is 0.331 e. The van der Waals surface area contributed by atoms with E-state index in [-0.39, 0.29) is 12.1 Å². The van der Waals surface area contributed by atoms with Gasteiger partial charge in [0.15, 0.2) is 0 Å². The lowest BCUT2D eigenvalue weighted by molar-refractivity contribution is 0.194. The molecule has 108 valence electrons. The third-order valence-electron chi connectivity index (χ3n) is 3.13. The van der Waals surface area contributed by atoms with E-state index in [4.69, 9.17) is 0 Å². The van der Waals surface area contributed by atoms with Crippen molar-refractivity contribution in [3.8, 4) is 0 Å². The average molecular weight is 266 g/mol. The topological polar surface area (TPSA) is 50.2 Å². The number of amides is 2. The molecular formula is C14H26N4O. The Morgan fingerprint density at radius 3 is 2.42 bits per heavy atom. The zero-order valence-electron chi connectivity index (χ0n) is 12.7. The van der Waals surface area contributed by atoms with E-state index in [9.17, 15) is 4.79 Å². The Labute approximate surface area is 116 Å². The van der Waals surface area contributed by atoms with Crippen molar-refractivity contribution in [1.82, 2.24) is 20.0 Å². The molecule has 0 aromatic carbocycles. The Morgan fingerprint density at radius 2 is 2.00 bits per heavy atom. The molecule has 0 spiro atoms. The molecule has 1 unspecified atom stereocenters. The first-order valence-corrected chi connectivity index (χ1v) is 7.05. The van der Waals surface area contributed by atoms with E-state index in [2.05, 4.69) is 24.3 Å². The molecule has 1 heterocycles. The number of hydrogen-bond acceptors (Lipinski definition) is 2. The minimum atomic E-state index is -0.0163. The highest BCUT2D eigenvalue weighted by Gasteiger charge is 2.17. The molecule has 1 aromatic rings. The van der Waals surface area contributed by atoms with Crippen LogP contribution < -0.4 is 5.32 Å². The smallest absolute Gasteiger partial charge is 0.317 e. The summed E-state index contributed by atoms with van der Waals surface area (Å²) in [5.41, 5.74) is 2.04. The fourth-order valence-electron chi connectivity index (χ4n) is 2.25. The SMILES string of the molecule is CCCN(CCC)C(=O)NC(C)c1cn(C)nc1C. The standard InChI is InChI=1S/C14H26N4O/c1-6-8-18(9-7-2)14(19)15-11(3)13-10-17(5)16-12(13)4/h10-11H,6-9H2,1-5H3,(H,15,19). The maximum Gasteiger partial charge on any atom is 0.317 e. The summed E-state index contributed by atoms with van der Waals surface area (Å²) in [6, 6.07) is -0.00290. The van der Waals surface area contributed by atoms with Crippen molar-refractivity contribution in [3.05, 3.63) is 17.5 Å². The number of aryl methyl sites for hydroxylation is 2. The van der Waals surface area contributed by atoms with Gasteiger partial charge in [0.05, 0.1) is 11.7 Å². The van der Waals surface area contributed by atoms with Gasteiger partial charge in [0.1, 0.15) is 0 Å². The predicted octanol–water partition coefficient (Wildman–Crippen LogP) is 2.62. The first-order valence-electron chi connectivity index (χ1n) is 7.05. The zero-order chi connectivity index (χ0) is 14.4. The van der Waals surface area contributed by atoms with Gasteiger partial charge in [-0.2, -0.15) is 5.10 Å². The number of aromatic nitrogens is 2. The van der Waals surface area contributed by atoms with Crippen LogP contribution in [0.2, 0.25) is 0 Å². The molecule has 1 rings (SSSR count). The van der Waals surface area contributed by atoms with E-state index in [0.717, 1.165) is 37.2 Å². The fraction of sp³-hybridized carbons (Fsp3) is 0.714. The molecule has 0 bridgehead atoms. The first-order chi connectivity index (χ1) is 8.99. The summed E-state index contributed by atoms with van der Waals surface area (Å²) in [6.07, 6.45) is 3.92. The third-order valence-corrected chi connectivity index (χ3v) is 3.13. The average Bonchev–Trinajstić information content (AvgIpc) is 2.68. The van der Waals surface area contributed by atoms with Gasteiger partial charge in [0.25, 0.3) is 0 Å². The summed E-state index contributed by atoms with van der Waals surface area (Å²) in [5, 5.41) is 7.36. The summed E-state index contributed by atoms with van der Waals surface area (Å²) in [7, 11) is 1.89. The van der Waals surface area contributed by atoms with Crippen LogP contribution in [0.1, 0.15) is 50.9 Å². The lowest BCUT2D eigenvalue weighted by atomic mass is 10.1. The van der Waals surface area contributed by atoms with Gasteiger partial charge in [-0.15, -0.1) is 0 Å². The zero-order valence-corrected chi connectivity index (χ0v) is 12.7. The molecule has 19 heavy (non-hydrogen) atoms. The quantitative estimate of drug-likeness (QED) is 0.860. The number of rotatable bonds is 6. The molecule has 0 radical (unpaired) electrons. The van der Waals surface area contributed by atoms with Gasteiger partial charge in [-0.1, -0.05) is 13.8 Å². The van der Waals surface area contributed by atoms with Crippen molar-refractivity contribution in [3.63, 3.8) is 0 Å². The molecule has 1 N–H and O–H groups in total. The van der Waals surface area contributed by atoms with E-state index >= 15 is 0 Å². The molecule has 0 fully saturated rings. The number of hydrogen-bond donors (Lipinski definition) is 1. The van der Waals surface area contributed by atoms with Crippen LogP contribution in [0.5, 0.6) is 0 Å². The highest BCUT2D eigenvalue weighted by molar-refractivity contribution is 5.74. The van der Waals surface area contributed by atoms with Crippen molar-refractivity contribution in [2.75, 3.05) is 13.1 Å². The summed E-state index contributed by atoms with van der Waals surface area (Å²) in [4.78, 5) is 14.1. The molecule has 0 aliphatic heterocycles. The van der Waals surface area contributed by atoms with Crippen LogP contribution in [-0.2, 0) is 7.05 Å². The molecule has 5 nitrogen and oxygen atoms in total. The van der Waals surface area contributed by atoms with Gasteiger partial charge in [-0.3, -0.25) is 4.68 Å². The lowest BCUT2D eigenvalue weighted by Gasteiger charge is -2.24. The Bertz CT molecular complexity index is 408. The Morgan fingerprint density at radius 1 is 1.42 bits per heavy atom. The van der Waals surface area contributed by atoms with Gasteiger partial charge in [-0.25, -0.2) is 4.79 Å². The van der Waals surface area contributed by atoms with E-state index in [1.165, 1.54) is 0 Å². The van der Waals surface area contributed by atoms with Crippen molar-refractivity contribution in [1.29, 1.82) is 0 Å². The number of nitrogens with one attached hydrogen (secondary N) is 1. The van der Waals surface area contributed by atoms with Crippen LogP contribution >= 0.6 is 0 Å². The molecule has 1 aromatic heterocycles. The van der Waals surface area contributed by atoms with Crippen molar-refractivity contribution in [2.45, 2.75) is 46.6 Å². The monoisotopic (exact) mass is 266 g/mol. The second-order valence-corrected chi connectivity index (χ2v) is 5.00. The fourth-order valence-corrected chi connectivity index (χ4v) is 2.25. The van der Waals surface area contributed by atoms with Crippen LogP contribution in [0, 0.1) is 6.92 Å². The summed E-state index contributed by atoms with van der Waals surface area (Å²) in [6.45, 7) is 9.75. The summed E-state index contributed by atoms with van der Waals surface area (Å²) < 4.78 is 1.78. The molecule has 5 heteroatoms. The minimum absolute atomic E-state index is 0.0134. The summed E-state index contributed by atoms with van der Waals surface area (Å²) >= 11 is 0. The van der Waals surface area contributed by atoms with Crippen LogP contribution in [0.4, 0.5) is 4.79 Å². The van der Waals surface area contributed by atoms with E-state index < -0.39 is 0 Å². The van der Waals surface area contributed by atoms with Crippen LogP contribution in [-0.4, -0.2) is 33.8 Å². The van der Waals surface area contributed by atoms with E-state index in [0.29, 0.717) is 0 Å². The van der Waals surface area contributed by atoms with E-state index in [1.54, 1.807) is 4.68 Å². The third kappa shape index (κ3) is 4.26. The number of carbonyl (C=O) groups excluding carboxylic acids is 1. The molecule has 0 aliphatic rings. The molecule has 0 aliphatic carbocycles. The Kier molecular flexibility index (Phi) is 5.86. The second-order valence-electron chi connectivity index (χ2n) is 5.00. The minimum Gasteiger partial charge on any atom is -0.331 e. The number of urea groups is 1. The van der Waals surface area contributed by atoms with Gasteiger partial charge in [-0.05, 0) is 26.7 Å². The highest BCUT2D eigenvalue weighted by atomic mass is 16.2. The molecular weight excluding hydrogens is 240 g/mol. The predicted molar refractivity (Wildman–Crippen MR) is 77.0 cm³/mol. The Balaban J connectivity index is 2.66. The van der Waals surface area contributed by atoms with Gasteiger partial charge in [0.2, 0.25) is 0 Å². The highest BCUT2D eigenvalue weighted by Crippen LogP contribution is 2.15. The van der Waals surface area contributed by atoms with Crippen molar-refractivity contribution < 1.29 is 4.79 Å². The van der Waals surface area contributed by atoms with Gasteiger partial charge < -0.3 is 10.2 Å². The maximum atomic E-state index is 12.2. The lowest BCUT2D eigenvalue weighted by Crippen LogP contribution is -2.41. The number of carbonyl (C=O) groups is 1. The summed E-state index contributed by atoms with van der Waals surface area (Å²) in [5.74, 6) is 0. The molecule has 2 amide bonds. The maximum absolute atomic E-state index is 12.2. The van der Waals surface area contributed by atoms with Crippen LogP contribution in [0.3, 0.4) is 0 Å². The van der Waals surface area contributed by atoms with Crippen molar-refractivity contribution in [2.24, 2.45) is 7.05 Å². The second kappa shape index (κ2) is 7.16. The van der Waals surface area contributed by atoms with Gasteiger partial charge >= 0.3 is 6.03 Å². The van der Waals surface area contributed by atoms with Crippen molar-refractivity contribution >= 4 is 6.03 Å². The Hall–Kier alpha value is -1.52. The normalized spacial score (nSPS) is 12.3. The van der Waals surface area contributed by atoms with E-state index in [1.807, 2.05) is 32.0 Å². The first kappa shape index (κ1) is 15.5. The van der Waals surface area contributed by atoms with Crippen LogP contribution in [0.25, 0.3) is 0 Å².